The van der Waals surface area contributed by atoms with E-state index in [1.165, 1.54) is 0 Å². The average molecular weight is 287 g/mol. The monoisotopic (exact) mass is 287 g/mol. The summed E-state index contributed by atoms with van der Waals surface area (Å²) in [7, 11) is 1.86. The number of carbonyl (C=O) groups excluding carboxylic acids is 1. The molecule has 21 heavy (non-hydrogen) atoms. The lowest BCUT2D eigenvalue weighted by Gasteiger charge is -2.41. The Morgan fingerprint density at radius 2 is 2.19 bits per heavy atom. The number of benzene rings is 1. The highest BCUT2D eigenvalue weighted by atomic mass is 16.5. The van der Waals surface area contributed by atoms with Crippen LogP contribution in [-0.2, 0) is 9.53 Å². The molecule has 1 unspecified atom stereocenters. The molecule has 0 aliphatic carbocycles. The maximum absolute atomic E-state index is 12.6. The highest BCUT2D eigenvalue weighted by molar-refractivity contribution is 5.83. The fraction of sp³-hybridized carbons (Fsp3) is 0.500. The Bertz CT molecular complexity index is 660. The molecule has 5 heteroatoms. The van der Waals surface area contributed by atoms with Crippen LogP contribution in [0.3, 0.4) is 0 Å². The first-order chi connectivity index (χ1) is 10.0. The fourth-order valence-electron chi connectivity index (χ4n) is 2.92. The van der Waals surface area contributed by atoms with Crippen LogP contribution in [0.1, 0.15) is 19.9 Å². The van der Waals surface area contributed by atoms with Crippen molar-refractivity contribution in [1.29, 1.82) is 0 Å². The van der Waals surface area contributed by atoms with Crippen molar-refractivity contribution < 1.29 is 9.53 Å². The first-order valence-electron chi connectivity index (χ1n) is 7.24. The summed E-state index contributed by atoms with van der Waals surface area (Å²) in [6.45, 7) is 6.26. The van der Waals surface area contributed by atoms with E-state index in [4.69, 9.17) is 4.74 Å². The summed E-state index contributed by atoms with van der Waals surface area (Å²) in [6, 6.07) is 7.61. The lowest BCUT2D eigenvalue weighted by atomic mass is 9.88. The van der Waals surface area contributed by atoms with Gasteiger partial charge in [-0.25, -0.2) is 4.98 Å². The van der Waals surface area contributed by atoms with Crippen LogP contribution in [0, 0.1) is 5.41 Å². The molecule has 5 nitrogen and oxygen atoms in total. The summed E-state index contributed by atoms with van der Waals surface area (Å²) in [4.78, 5) is 18.8. The number of carbonyl (C=O) groups is 1. The molecular formula is C16H21N3O2. The van der Waals surface area contributed by atoms with Crippen molar-refractivity contribution in [3.05, 3.63) is 30.6 Å². The first-order valence-corrected chi connectivity index (χ1v) is 7.24. The average Bonchev–Trinajstić information content (AvgIpc) is 2.87. The van der Waals surface area contributed by atoms with Gasteiger partial charge in [0.25, 0.3) is 0 Å². The molecule has 112 valence electrons. The van der Waals surface area contributed by atoms with Crippen molar-refractivity contribution in [2.24, 2.45) is 5.41 Å². The van der Waals surface area contributed by atoms with Crippen molar-refractivity contribution in [2.45, 2.75) is 19.9 Å². The standard InChI is InChI=1S/C16H21N3O2/c1-12(15(20)18(3)8-16(2)9-21-10-16)19-11-17-13-6-4-5-7-14(13)19/h4-7,11-12H,8-10H2,1-3H3. The normalized spacial score (nSPS) is 18.2. The molecule has 1 aliphatic heterocycles. The zero-order chi connectivity index (χ0) is 15.0. The van der Waals surface area contributed by atoms with E-state index < -0.39 is 0 Å². The van der Waals surface area contributed by atoms with Gasteiger partial charge in [0.15, 0.2) is 0 Å². The van der Waals surface area contributed by atoms with Gasteiger partial charge < -0.3 is 14.2 Å². The summed E-state index contributed by atoms with van der Waals surface area (Å²) < 4.78 is 7.19. The predicted molar refractivity (Wildman–Crippen MR) is 81.0 cm³/mol. The third-order valence-corrected chi connectivity index (χ3v) is 4.15. The minimum atomic E-state index is -0.257. The van der Waals surface area contributed by atoms with E-state index >= 15 is 0 Å². The number of ether oxygens (including phenoxy) is 1. The van der Waals surface area contributed by atoms with E-state index in [0.717, 1.165) is 30.8 Å². The number of hydrogen-bond donors (Lipinski definition) is 0. The molecule has 1 aromatic carbocycles. The molecule has 2 aromatic rings. The van der Waals surface area contributed by atoms with Crippen molar-refractivity contribution >= 4 is 16.9 Å². The highest BCUT2D eigenvalue weighted by Crippen LogP contribution is 2.28. The summed E-state index contributed by atoms with van der Waals surface area (Å²) >= 11 is 0. The number of imidazole rings is 1. The zero-order valence-corrected chi connectivity index (χ0v) is 12.7. The number of nitrogens with zero attached hydrogens (tertiary/aromatic N) is 3. The maximum Gasteiger partial charge on any atom is 0.245 e. The Labute approximate surface area is 124 Å². The molecule has 0 bridgehead atoms. The van der Waals surface area contributed by atoms with Crippen LogP contribution in [0.4, 0.5) is 0 Å². The van der Waals surface area contributed by atoms with Gasteiger partial charge in [-0.3, -0.25) is 4.79 Å². The number of amides is 1. The highest BCUT2D eigenvalue weighted by Gasteiger charge is 2.36. The topological polar surface area (TPSA) is 47.4 Å². The minimum absolute atomic E-state index is 0.0983. The first kappa shape index (κ1) is 14.1. The van der Waals surface area contributed by atoms with Gasteiger partial charge in [0.05, 0.1) is 30.6 Å². The van der Waals surface area contributed by atoms with E-state index in [1.54, 1.807) is 6.33 Å². The van der Waals surface area contributed by atoms with Gasteiger partial charge in [-0.15, -0.1) is 0 Å². The molecule has 0 saturated carbocycles. The quantitative estimate of drug-likeness (QED) is 0.865. The lowest BCUT2D eigenvalue weighted by Crippen LogP contribution is -2.50. The second-order valence-corrected chi connectivity index (χ2v) is 6.31. The van der Waals surface area contributed by atoms with Crippen molar-refractivity contribution in [3.8, 4) is 0 Å². The van der Waals surface area contributed by atoms with Gasteiger partial charge in [-0.2, -0.15) is 0 Å². The Hall–Kier alpha value is -1.88. The number of rotatable bonds is 4. The van der Waals surface area contributed by atoms with E-state index in [2.05, 4.69) is 11.9 Å². The molecule has 3 rings (SSSR count). The number of para-hydroxylation sites is 2. The molecule has 0 radical (unpaired) electrons. The molecule has 1 aromatic heterocycles. The van der Waals surface area contributed by atoms with Crippen molar-refractivity contribution in [1.82, 2.24) is 14.5 Å². The Kier molecular flexibility index (Phi) is 3.45. The molecule has 0 N–H and O–H groups in total. The predicted octanol–water partition coefficient (Wildman–Crippen LogP) is 2.09. The lowest BCUT2D eigenvalue weighted by molar-refractivity contribution is -0.144. The summed E-state index contributed by atoms with van der Waals surface area (Å²) in [6.07, 6.45) is 1.75. The molecule has 1 saturated heterocycles. The Morgan fingerprint density at radius 1 is 1.48 bits per heavy atom. The number of likely N-dealkylation sites (N-methyl/N-ethyl adjacent to an activating group) is 1. The van der Waals surface area contributed by atoms with Gasteiger partial charge in [-0.1, -0.05) is 19.1 Å². The summed E-state index contributed by atoms with van der Waals surface area (Å²) in [5, 5.41) is 0. The molecule has 1 amide bonds. The molecular weight excluding hydrogens is 266 g/mol. The van der Waals surface area contributed by atoms with Crippen molar-refractivity contribution in [3.63, 3.8) is 0 Å². The van der Waals surface area contributed by atoms with E-state index in [9.17, 15) is 4.79 Å². The third-order valence-electron chi connectivity index (χ3n) is 4.15. The van der Waals surface area contributed by atoms with Gasteiger partial charge >= 0.3 is 0 Å². The smallest absolute Gasteiger partial charge is 0.245 e. The van der Waals surface area contributed by atoms with Crippen molar-refractivity contribution in [2.75, 3.05) is 26.8 Å². The van der Waals surface area contributed by atoms with Gasteiger partial charge in [0, 0.05) is 19.0 Å². The maximum atomic E-state index is 12.6. The Morgan fingerprint density at radius 3 is 2.86 bits per heavy atom. The fourth-order valence-corrected chi connectivity index (χ4v) is 2.92. The summed E-state index contributed by atoms with van der Waals surface area (Å²) in [5.41, 5.74) is 2.00. The van der Waals surface area contributed by atoms with Gasteiger partial charge in [0.2, 0.25) is 5.91 Å². The largest absolute Gasteiger partial charge is 0.380 e. The van der Waals surface area contributed by atoms with Crippen LogP contribution < -0.4 is 0 Å². The van der Waals surface area contributed by atoms with Crippen LogP contribution >= 0.6 is 0 Å². The third kappa shape index (κ3) is 2.53. The van der Waals surface area contributed by atoms with E-state index in [0.29, 0.717) is 0 Å². The molecule has 1 atom stereocenters. The molecule has 2 heterocycles. The van der Waals surface area contributed by atoms with Crippen LogP contribution in [0.5, 0.6) is 0 Å². The second-order valence-electron chi connectivity index (χ2n) is 6.31. The van der Waals surface area contributed by atoms with E-state index in [-0.39, 0.29) is 17.4 Å². The van der Waals surface area contributed by atoms with Crippen LogP contribution in [-0.4, -0.2) is 47.2 Å². The Balaban J connectivity index is 1.77. The number of hydrogen-bond acceptors (Lipinski definition) is 3. The second kappa shape index (κ2) is 5.15. The van der Waals surface area contributed by atoms with Gasteiger partial charge in [-0.05, 0) is 19.1 Å². The number of fused-ring (bicyclic) bond motifs is 1. The zero-order valence-electron chi connectivity index (χ0n) is 12.7. The van der Waals surface area contributed by atoms with Crippen LogP contribution in [0.25, 0.3) is 11.0 Å². The minimum Gasteiger partial charge on any atom is -0.380 e. The summed E-state index contributed by atoms with van der Waals surface area (Å²) in [5.74, 6) is 0.103. The van der Waals surface area contributed by atoms with Crippen LogP contribution in [0.15, 0.2) is 30.6 Å². The van der Waals surface area contributed by atoms with Crippen LogP contribution in [0.2, 0.25) is 0 Å². The SMILES string of the molecule is CC(C(=O)N(C)CC1(C)COC1)n1cnc2ccccc21. The molecule has 1 fully saturated rings. The molecule has 0 spiro atoms. The number of aromatic nitrogens is 2. The van der Waals surface area contributed by atoms with Gasteiger partial charge in [0.1, 0.15) is 6.04 Å². The van der Waals surface area contributed by atoms with E-state index in [1.807, 2.05) is 47.7 Å². The molecule has 1 aliphatic rings.